The summed E-state index contributed by atoms with van der Waals surface area (Å²) in [5, 5.41) is 7.26. The second-order valence-electron chi connectivity index (χ2n) is 15.5. The van der Waals surface area contributed by atoms with Crippen LogP contribution in [0.3, 0.4) is 0 Å². The Morgan fingerprint density at radius 3 is 2.10 bits per heavy atom. The van der Waals surface area contributed by atoms with Crippen molar-refractivity contribution in [1.82, 2.24) is 16.1 Å². The third-order valence-electron chi connectivity index (χ3n) is 12.4. The van der Waals surface area contributed by atoms with Crippen molar-refractivity contribution in [3.8, 4) is 11.5 Å². The predicted octanol–water partition coefficient (Wildman–Crippen LogP) is 6.57. The maximum absolute atomic E-state index is 6.25. The van der Waals surface area contributed by atoms with Gasteiger partial charge in [0.2, 0.25) is 0 Å². The molecule has 0 saturated carbocycles. The van der Waals surface area contributed by atoms with E-state index in [1.165, 1.54) is 57.6 Å². The first-order valence-corrected chi connectivity index (χ1v) is 18.9. The smallest absolute Gasteiger partial charge is 0.196 e. The zero-order chi connectivity index (χ0) is 33.5. The number of nitrogens with one attached hydrogen (secondary N) is 3. The molecule has 260 valence electrons. The van der Waals surface area contributed by atoms with Gasteiger partial charge in [0, 0.05) is 78.6 Å². The summed E-state index contributed by atoms with van der Waals surface area (Å²) in [4.78, 5) is 15.9. The first-order valence-electron chi connectivity index (χ1n) is 18.9. The van der Waals surface area contributed by atoms with Gasteiger partial charge in [-0.1, -0.05) is 48.5 Å². The molecule has 51 heavy (non-hydrogen) atoms. The van der Waals surface area contributed by atoms with E-state index in [9.17, 15) is 0 Å². The van der Waals surface area contributed by atoms with Crippen molar-refractivity contribution < 1.29 is 14.3 Å². The number of piperidine rings is 1. The Bertz CT molecular complexity index is 1990. The van der Waals surface area contributed by atoms with Crippen LogP contribution in [0, 0.1) is 0 Å². The Hall–Kier alpha value is -4.41. The van der Waals surface area contributed by atoms with Crippen LogP contribution in [-0.4, -0.2) is 51.4 Å². The van der Waals surface area contributed by atoms with Gasteiger partial charge in [-0.05, 0) is 90.9 Å². The second-order valence-corrected chi connectivity index (χ2v) is 15.5. The summed E-state index contributed by atoms with van der Waals surface area (Å²) in [6, 6.07) is 31.3. The third kappa shape index (κ3) is 5.24. The van der Waals surface area contributed by atoms with Crippen molar-refractivity contribution in [3.05, 3.63) is 118 Å². The van der Waals surface area contributed by atoms with E-state index >= 15 is 0 Å². The van der Waals surface area contributed by atoms with Crippen molar-refractivity contribution in [2.24, 2.45) is 4.99 Å². The Balaban J connectivity index is 0.834. The van der Waals surface area contributed by atoms with Crippen LogP contribution in [0.25, 0.3) is 0 Å². The molecule has 11 rings (SSSR count). The number of ether oxygens (including phenoxy) is 2. The zero-order valence-corrected chi connectivity index (χ0v) is 28.7. The van der Waals surface area contributed by atoms with Crippen molar-refractivity contribution in [3.63, 3.8) is 0 Å². The summed E-state index contributed by atoms with van der Waals surface area (Å²) in [7, 11) is 0. The van der Waals surface area contributed by atoms with Crippen LogP contribution in [0.5, 0.6) is 11.5 Å². The predicted molar refractivity (Wildman–Crippen MR) is 198 cm³/mol. The Morgan fingerprint density at radius 1 is 0.667 bits per heavy atom. The number of hydroxylamine groups is 1. The molecule has 0 aliphatic carbocycles. The van der Waals surface area contributed by atoms with Gasteiger partial charge in [-0.2, -0.15) is 5.48 Å². The van der Waals surface area contributed by atoms with Gasteiger partial charge in [-0.25, -0.2) is 0 Å². The average molecular weight is 681 g/mol. The first-order chi connectivity index (χ1) is 25.2. The van der Waals surface area contributed by atoms with E-state index in [1.54, 1.807) is 0 Å². The lowest BCUT2D eigenvalue weighted by molar-refractivity contribution is 0.0213. The number of fused-ring (bicyclic) bond motifs is 6. The van der Waals surface area contributed by atoms with Gasteiger partial charge < -0.3 is 19.3 Å². The number of hydrogen-bond donors (Lipinski definition) is 3. The van der Waals surface area contributed by atoms with Crippen molar-refractivity contribution in [2.75, 3.05) is 42.5 Å². The molecule has 0 aromatic heterocycles. The summed E-state index contributed by atoms with van der Waals surface area (Å²) in [6.45, 7) is 5.07. The number of aliphatic imine (C=N–C) groups is 1. The molecule has 6 unspecified atom stereocenters. The van der Waals surface area contributed by atoms with Gasteiger partial charge in [0.15, 0.2) is 18.7 Å². The molecule has 7 aliphatic rings. The lowest BCUT2D eigenvalue weighted by Crippen LogP contribution is -2.46. The Kier molecular flexibility index (Phi) is 7.17. The SMILES string of the molecule is C1=NC2Oc3ccc(N4CC(c5cc(C6CN(c7ccc8c(c7)C7CCCNC7O8)C6)cc(C6NC(c7ccccc7)NO6)c5)C4)cc3C2CC1. The van der Waals surface area contributed by atoms with Crippen LogP contribution in [0.1, 0.15) is 95.1 Å². The molecular weight excluding hydrogens is 637 g/mol. The molecule has 7 aliphatic heterocycles. The fourth-order valence-corrected chi connectivity index (χ4v) is 9.38. The van der Waals surface area contributed by atoms with Crippen LogP contribution in [0.15, 0.2) is 89.9 Å². The molecule has 4 aromatic carbocycles. The summed E-state index contributed by atoms with van der Waals surface area (Å²) in [5.74, 6) is 3.83. The van der Waals surface area contributed by atoms with Crippen LogP contribution < -0.4 is 35.4 Å². The average Bonchev–Trinajstić information content (AvgIpc) is 3.87. The van der Waals surface area contributed by atoms with Crippen molar-refractivity contribution in [1.29, 1.82) is 0 Å². The highest BCUT2D eigenvalue weighted by Crippen LogP contribution is 2.47. The first kappa shape index (κ1) is 30.2. The molecule has 3 N–H and O–H groups in total. The maximum Gasteiger partial charge on any atom is 0.196 e. The van der Waals surface area contributed by atoms with Gasteiger partial charge in [0.1, 0.15) is 17.7 Å². The molecule has 0 amide bonds. The lowest BCUT2D eigenvalue weighted by atomic mass is 9.83. The number of hydrogen-bond acceptors (Lipinski definition) is 9. The summed E-state index contributed by atoms with van der Waals surface area (Å²) in [5.41, 5.74) is 13.7. The molecule has 4 saturated heterocycles. The highest BCUT2D eigenvalue weighted by molar-refractivity contribution is 5.63. The van der Waals surface area contributed by atoms with Gasteiger partial charge in [-0.3, -0.25) is 20.5 Å². The van der Waals surface area contributed by atoms with E-state index < -0.39 is 0 Å². The molecule has 6 atom stereocenters. The largest absolute Gasteiger partial charge is 0.474 e. The molecule has 4 aromatic rings. The topological polar surface area (TPSA) is 82.6 Å². The van der Waals surface area contributed by atoms with Crippen molar-refractivity contribution >= 4 is 17.6 Å². The third-order valence-corrected chi connectivity index (χ3v) is 12.4. The lowest BCUT2D eigenvalue weighted by Gasteiger charge is -2.44. The van der Waals surface area contributed by atoms with E-state index in [0.29, 0.717) is 23.7 Å². The zero-order valence-electron chi connectivity index (χ0n) is 28.7. The normalized spacial score (nSPS) is 29.3. The molecule has 9 nitrogen and oxygen atoms in total. The number of benzene rings is 4. The van der Waals surface area contributed by atoms with Crippen molar-refractivity contribution in [2.45, 2.75) is 74.2 Å². The van der Waals surface area contributed by atoms with E-state index in [0.717, 1.165) is 57.1 Å². The Labute approximate surface area is 298 Å². The standard InChI is InChI=1S/C42H44N6O3/c1-2-6-25(7-3-1)39-45-40(51-46-39)28-17-26(29-21-47(22-29)31-10-12-37-35(19-31)33-8-4-14-43-41(33)49-37)16-27(18-28)30-23-48(24-30)32-11-13-38-36(20-32)34-9-5-15-44-42(34)50-38/h1-3,6-7,10-14,16-20,29-30,33-34,39-42,44-46H,4-5,8-9,15,21-24H2. The minimum atomic E-state index is -0.224. The second kappa shape index (κ2) is 12.1. The quantitative estimate of drug-likeness (QED) is 0.211. The van der Waals surface area contributed by atoms with E-state index in [4.69, 9.17) is 14.3 Å². The molecule has 0 spiro atoms. The van der Waals surface area contributed by atoms with Gasteiger partial charge >= 0.3 is 0 Å². The van der Waals surface area contributed by atoms with Gasteiger partial charge in [0.05, 0.1) is 0 Å². The number of nitrogens with zero attached hydrogens (tertiary/aromatic N) is 3. The summed E-state index contributed by atoms with van der Waals surface area (Å²) >= 11 is 0. The van der Waals surface area contributed by atoms with E-state index in [-0.39, 0.29) is 24.8 Å². The monoisotopic (exact) mass is 680 g/mol. The highest BCUT2D eigenvalue weighted by atomic mass is 16.7. The van der Waals surface area contributed by atoms with Crippen LogP contribution >= 0.6 is 0 Å². The van der Waals surface area contributed by atoms with E-state index in [1.807, 2.05) is 6.21 Å². The summed E-state index contributed by atoms with van der Waals surface area (Å²) in [6.07, 6.45) is 6.37. The van der Waals surface area contributed by atoms with E-state index in [2.05, 4.69) is 116 Å². The fourth-order valence-electron chi connectivity index (χ4n) is 9.38. The molecule has 9 heteroatoms. The minimum absolute atomic E-state index is 0.0441. The number of anilines is 2. The molecule has 0 radical (unpaired) electrons. The van der Waals surface area contributed by atoms with Gasteiger partial charge in [-0.15, -0.1) is 0 Å². The van der Waals surface area contributed by atoms with Crippen LogP contribution in [0.2, 0.25) is 0 Å². The highest BCUT2D eigenvalue weighted by Gasteiger charge is 2.40. The molecular formula is C42H44N6O3. The maximum atomic E-state index is 6.25. The van der Waals surface area contributed by atoms with Crippen LogP contribution in [0.4, 0.5) is 11.4 Å². The number of rotatable bonds is 6. The molecule has 7 heterocycles. The molecule has 0 bridgehead atoms. The van der Waals surface area contributed by atoms with Gasteiger partial charge in [0.25, 0.3) is 0 Å². The minimum Gasteiger partial charge on any atom is -0.474 e. The molecule has 4 fully saturated rings. The summed E-state index contributed by atoms with van der Waals surface area (Å²) < 4.78 is 12.4. The fraction of sp³-hybridized carbons (Fsp3) is 0.405. The van der Waals surface area contributed by atoms with Crippen LogP contribution in [-0.2, 0) is 4.84 Å². The Morgan fingerprint density at radius 2 is 1.35 bits per heavy atom.